The highest BCUT2D eigenvalue weighted by Gasteiger charge is 2.31. The molecule has 1 aliphatic rings. The standard InChI is InChI=1S/C27H37N3O/c1-8-15-30-25-17-26(31-7)21(16-24(25)20(4)18-27(30,5)6)19-28-22-11-13-23(14-12-22)29(9-2)10-3/h11-14,16-19H,8-10,15H2,1-7H3. The highest BCUT2D eigenvalue weighted by atomic mass is 16.5. The number of nitrogens with zero attached hydrogens (tertiary/aromatic N) is 3. The first-order valence-electron chi connectivity index (χ1n) is 11.4. The van der Waals surface area contributed by atoms with Gasteiger partial charge in [-0.15, -0.1) is 0 Å². The van der Waals surface area contributed by atoms with E-state index in [1.165, 1.54) is 22.5 Å². The molecule has 0 saturated heterocycles. The Morgan fingerprint density at radius 3 is 2.32 bits per heavy atom. The summed E-state index contributed by atoms with van der Waals surface area (Å²) in [6.45, 7) is 16.4. The van der Waals surface area contributed by atoms with Crippen molar-refractivity contribution in [2.24, 2.45) is 4.99 Å². The molecule has 3 rings (SSSR count). The summed E-state index contributed by atoms with van der Waals surface area (Å²) in [4.78, 5) is 9.55. The highest BCUT2D eigenvalue weighted by molar-refractivity contribution is 5.92. The average Bonchev–Trinajstić information content (AvgIpc) is 2.76. The number of anilines is 2. The van der Waals surface area contributed by atoms with Gasteiger partial charge in [-0.25, -0.2) is 0 Å². The third-order valence-electron chi connectivity index (χ3n) is 6.11. The molecule has 0 unspecified atom stereocenters. The highest BCUT2D eigenvalue weighted by Crippen LogP contribution is 2.42. The lowest BCUT2D eigenvalue weighted by Gasteiger charge is -2.43. The third kappa shape index (κ3) is 4.79. The molecule has 2 aromatic rings. The molecule has 0 bridgehead atoms. The topological polar surface area (TPSA) is 28.1 Å². The van der Waals surface area contributed by atoms with E-state index in [1.54, 1.807) is 7.11 Å². The van der Waals surface area contributed by atoms with Gasteiger partial charge in [0, 0.05) is 54.4 Å². The number of rotatable bonds is 8. The largest absolute Gasteiger partial charge is 0.496 e. The maximum absolute atomic E-state index is 5.77. The van der Waals surface area contributed by atoms with Crippen molar-refractivity contribution in [3.63, 3.8) is 0 Å². The molecule has 31 heavy (non-hydrogen) atoms. The van der Waals surface area contributed by atoms with Crippen LogP contribution in [-0.4, -0.2) is 38.5 Å². The maximum Gasteiger partial charge on any atom is 0.129 e. The van der Waals surface area contributed by atoms with E-state index in [1.807, 2.05) is 6.21 Å². The number of allylic oxidation sites excluding steroid dienone is 1. The second kappa shape index (κ2) is 9.59. The van der Waals surface area contributed by atoms with Crippen LogP contribution in [0.2, 0.25) is 0 Å². The molecule has 0 saturated carbocycles. The number of methoxy groups -OCH3 is 1. The summed E-state index contributed by atoms with van der Waals surface area (Å²) in [6, 6.07) is 12.8. The lowest BCUT2D eigenvalue weighted by Crippen LogP contribution is -2.45. The summed E-state index contributed by atoms with van der Waals surface area (Å²) < 4.78 is 5.77. The summed E-state index contributed by atoms with van der Waals surface area (Å²) in [7, 11) is 1.73. The Balaban J connectivity index is 1.95. The zero-order chi connectivity index (χ0) is 22.6. The molecule has 1 heterocycles. The quantitative estimate of drug-likeness (QED) is 0.445. The predicted molar refractivity (Wildman–Crippen MR) is 136 cm³/mol. The minimum Gasteiger partial charge on any atom is -0.496 e. The molecule has 0 radical (unpaired) electrons. The zero-order valence-corrected chi connectivity index (χ0v) is 20.2. The van der Waals surface area contributed by atoms with E-state index in [-0.39, 0.29) is 5.54 Å². The van der Waals surface area contributed by atoms with Crippen molar-refractivity contribution in [2.45, 2.75) is 53.5 Å². The van der Waals surface area contributed by atoms with E-state index in [4.69, 9.17) is 9.73 Å². The number of ether oxygens (including phenoxy) is 1. The molecule has 0 N–H and O–H groups in total. The van der Waals surface area contributed by atoms with E-state index >= 15 is 0 Å². The Morgan fingerprint density at radius 2 is 1.74 bits per heavy atom. The maximum atomic E-state index is 5.77. The van der Waals surface area contributed by atoms with Crippen LogP contribution in [0.4, 0.5) is 17.1 Å². The van der Waals surface area contributed by atoms with Crippen molar-refractivity contribution < 1.29 is 4.74 Å². The van der Waals surface area contributed by atoms with Crippen LogP contribution in [0.1, 0.15) is 59.1 Å². The van der Waals surface area contributed by atoms with E-state index in [9.17, 15) is 0 Å². The Hall–Kier alpha value is -2.75. The van der Waals surface area contributed by atoms with Crippen molar-refractivity contribution in [2.75, 3.05) is 36.5 Å². The van der Waals surface area contributed by atoms with Crippen LogP contribution in [0.25, 0.3) is 5.57 Å². The van der Waals surface area contributed by atoms with Gasteiger partial charge < -0.3 is 14.5 Å². The van der Waals surface area contributed by atoms with Crippen LogP contribution in [0, 0.1) is 0 Å². The minimum atomic E-state index is -0.0136. The molecule has 1 aliphatic heterocycles. The molecule has 0 amide bonds. The van der Waals surface area contributed by atoms with Gasteiger partial charge in [0.1, 0.15) is 5.75 Å². The van der Waals surface area contributed by atoms with Crippen LogP contribution in [0.5, 0.6) is 5.75 Å². The van der Waals surface area contributed by atoms with Crippen molar-refractivity contribution in [3.05, 3.63) is 53.6 Å². The van der Waals surface area contributed by atoms with E-state index in [2.05, 4.69) is 93.8 Å². The number of aliphatic imine (C=N–C) groups is 1. The Kier molecular flexibility index (Phi) is 7.09. The molecule has 0 fully saturated rings. The van der Waals surface area contributed by atoms with Gasteiger partial charge in [0.25, 0.3) is 0 Å². The molecule has 0 spiro atoms. The van der Waals surface area contributed by atoms with Gasteiger partial charge in [0.15, 0.2) is 0 Å². The first kappa shape index (κ1) is 22.9. The van der Waals surface area contributed by atoms with Crippen molar-refractivity contribution in [1.29, 1.82) is 0 Å². The molecule has 4 nitrogen and oxygen atoms in total. The van der Waals surface area contributed by atoms with E-state index < -0.39 is 0 Å². The molecule has 0 atom stereocenters. The first-order chi connectivity index (χ1) is 14.8. The lowest BCUT2D eigenvalue weighted by atomic mass is 9.87. The van der Waals surface area contributed by atoms with Crippen LogP contribution in [-0.2, 0) is 0 Å². The molecular formula is C27H37N3O. The van der Waals surface area contributed by atoms with Gasteiger partial charge in [-0.05, 0) is 76.9 Å². The number of benzene rings is 2. The number of hydrogen-bond donors (Lipinski definition) is 0. The molecule has 4 heteroatoms. The van der Waals surface area contributed by atoms with E-state index in [0.717, 1.165) is 43.1 Å². The van der Waals surface area contributed by atoms with E-state index in [0.29, 0.717) is 0 Å². The smallest absolute Gasteiger partial charge is 0.129 e. The molecule has 0 aromatic heterocycles. The molecule has 0 aliphatic carbocycles. The fraction of sp³-hybridized carbons (Fsp3) is 0.444. The Morgan fingerprint density at radius 1 is 1.06 bits per heavy atom. The fourth-order valence-electron chi connectivity index (χ4n) is 4.51. The van der Waals surface area contributed by atoms with Gasteiger partial charge in [-0.1, -0.05) is 13.0 Å². The summed E-state index contributed by atoms with van der Waals surface area (Å²) in [5.74, 6) is 0.855. The van der Waals surface area contributed by atoms with Crippen LogP contribution in [0.15, 0.2) is 47.5 Å². The lowest BCUT2D eigenvalue weighted by molar-refractivity contribution is 0.413. The second-order valence-corrected chi connectivity index (χ2v) is 8.69. The number of hydrogen-bond acceptors (Lipinski definition) is 4. The van der Waals surface area contributed by atoms with Crippen molar-refractivity contribution >= 4 is 28.8 Å². The summed E-state index contributed by atoms with van der Waals surface area (Å²) in [5.41, 5.74) is 6.95. The normalized spacial score (nSPS) is 15.1. The SMILES string of the molecule is CCCN1c2cc(OC)c(C=Nc3ccc(N(CC)CC)cc3)cc2C(C)=CC1(C)C. The van der Waals surface area contributed by atoms with Crippen molar-refractivity contribution in [3.8, 4) is 5.75 Å². The molecule has 166 valence electrons. The summed E-state index contributed by atoms with van der Waals surface area (Å²) >= 11 is 0. The minimum absolute atomic E-state index is 0.0136. The fourth-order valence-corrected chi connectivity index (χ4v) is 4.51. The Labute approximate surface area is 188 Å². The number of fused-ring (bicyclic) bond motifs is 1. The molecule has 2 aromatic carbocycles. The second-order valence-electron chi connectivity index (χ2n) is 8.69. The predicted octanol–water partition coefficient (Wildman–Crippen LogP) is 6.70. The first-order valence-corrected chi connectivity index (χ1v) is 11.4. The Bertz CT molecular complexity index is 953. The van der Waals surface area contributed by atoms with Crippen LogP contribution >= 0.6 is 0 Å². The zero-order valence-electron chi connectivity index (χ0n) is 20.2. The van der Waals surface area contributed by atoms with Crippen molar-refractivity contribution in [1.82, 2.24) is 0 Å². The van der Waals surface area contributed by atoms with Gasteiger partial charge >= 0.3 is 0 Å². The van der Waals surface area contributed by atoms with Crippen LogP contribution < -0.4 is 14.5 Å². The summed E-state index contributed by atoms with van der Waals surface area (Å²) in [6.07, 6.45) is 5.39. The monoisotopic (exact) mass is 419 g/mol. The van der Waals surface area contributed by atoms with Crippen LogP contribution in [0.3, 0.4) is 0 Å². The van der Waals surface area contributed by atoms with Gasteiger partial charge in [0.05, 0.1) is 18.3 Å². The van der Waals surface area contributed by atoms with Gasteiger partial charge in [-0.2, -0.15) is 0 Å². The average molecular weight is 420 g/mol. The molecular weight excluding hydrogens is 382 g/mol. The third-order valence-corrected chi connectivity index (χ3v) is 6.11. The summed E-state index contributed by atoms with van der Waals surface area (Å²) in [5, 5.41) is 0. The van der Waals surface area contributed by atoms with Gasteiger partial charge in [-0.3, -0.25) is 4.99 Å². The van der Waals surface area contributed by atoms with Gasteiger partial charge in [0.2, 0.25) is 0 Å².